The number of hydrogen-bond donors (Lipinski definition) is 2. The molecule has 1 aromatic heterocycles. The number of aromatic nitrogens is 2. The van der Waals surface area contributed by atoms with Crippen molar-refractivity contribution in [1.82, 2.24) is 9.97 Å². The second-order valence-electron chi connectivity index (χ2n) is 4.65. The summed E-state index contributed by atoms with van der Waals surface area (Å²) in [6.45, 7) is 1.83. The number of ether oxygens (including phenoxy) is 1. The Morgan fingerprint density at radius 3 is 2.78 bits per heavy atom. The Kier molecular flexibility index (Phi) is 5.67. The van der Waals surface area contributed by atoms with Gasteiger partial charge in [-0.1, -0.05) is 12.1 Å². The minimum Gasteiger partial charge on any atom is -0.457 e. The molecule has 0 spiro atoms. The lowest BCUT2D eigenvalue weighted by Gasteiger charge is -2.06. The number of hydrogen-bond acceptors (Lipinski definition) is 6. The van der Waals surface area contributed by atoms with Crippen molar-refractivity contribution in [3.05, 3.63) is 59.7 Å². The molecular weight excluding hydrogens is 304 g/mol. The minimum atomic E-state index is -2.54. The fourth-order valence-electron chi connectivity index (χ4n) is 1.63. The Morgan fingerprint density at radius 1 is 1.39 bits per heavy atom. The van der Waals surface area contributed by atoms with Gasteiger partial charge in [0, 0.05) is 29.8 Å². The molecular formula is C15H15F2N5O. The lowest BCUT2D eigenvalue weighted by atomic mass is 10.2. The van der Waals surface area contributed by atoms with Crippen LogP contribution in [0.3, 0.4) is 0 Å². The van der Waals surface area contributed by atoms with E-state index in [1.807, 2.05) is 6.92 Å². The van der Waals surface area contributed by atoms with Gasteiger partial charge in [0.1, 0.15) is 12.3 Å². The number of alkyl halides is 2. The van der Waals surface area contributed by atoms with Gasteiger partial charge in [0.25, 0.3) is 6.43 Å². The molecule has 0 bridgehead atoms. The number of halogens is 2. The van der Waals surface area contributed by atoms with Crippen molar-refractivity contribution < 1.29 is 13.5 Å². The highest BCUT2D eigenvalue weighted by Gasteiger charge is 2.06. The number of nitrogens with one attached hydrogen (secondary N) is 2. The molecule has 0 aliphatic heterocycles. The summed E-state index contributed by atoms with van der Waals surface area (Å²) in [5.74, 6) is 0. The molecule has 23 heavy (non-hydrogen) atoms. The smallest absolute Gasteiger partial charge is 0.316 e. The van der Waals surface area contributed by atoms with Crippen molar-refractivity contribution >= 4 is 5.69 Å². The molecule has 6 nitrogen and oxygen atoms in total. The highest BCUT2D eigenvalue weighted by Crippen LogP contribution is 2.21. The molecule has 0 atom stereocenters. The highest BCUT2D eigenvalue weighted by atomic mass is 19.3. The van der Waals surface area contributed by atoms with Gasteiger partial charge in [-0.3, -0.25) is 0 Å². The fourth-order valence-corrected chi connectivity index (χ4v) is 1.63. The summed E-state index contributed by atoms with van der Waals surface area (Å²) in [7, 11) is 0. The molecule has 8 heteroatoms. The molecule has 1 heterocycles. The van der Waals surface area contributed by atoms with Crippen LogP contribution in [0.2, 0.25) is 0 Å². The molecule has 0 saturated carbocycles. The minimum absolute atomic E-state index is 0.0197. The van der Waals surface area contributed by atoms with E-state index in [0.717, 1.165) is 5.56 Å². The van der Waals surface area contributed by atoms with Crippen LogP contribution in [0.25, 0.3) is 0 Å². The monoisotopic (exact) mass is 319 g/mol. The first-order chi connectivity index (χ1) is 11.1. The van der Waals surface area contributed by atoms with E-state index in [9.17, 15) is 8.78 Å². The maximum atomic E-state index is 12.6. The first-order valence-corrected chi connectivity index (χ1v) is 6.71. The Labute approximate surface area is 131 Å². The number of anilines is 1. The van der Waals surface area contributed by atoms with Gasteiger partial charge in [0.05, 0.1) is 0 Å². The third-order valence-corrected chi connectivity index (χ3v) is 2.79. The van der Waals surface area contributed by atoms with Crippen LogP contribution < -0.4 is 10.1 Å². The van der Waals surface area contributed by atoms with E-state index in [4.69, 9.17) is 10.3 Å². The average Bonchev–Trinajstić information content (AvgIpc) is 2.57. The van der Waals surface area contributed by atoms with Crippen LogP contribution in [-0.2, 0) is 0 Å². The van der Waals surface area contributed by atoms with Crippen molar-refractivity contribution in [2.75, 3.05) is 11.9 Å². The van der Waals surface area contributed by atoms with Gasteiger partial charge in [-0.25, -0.2) is 24.3 Å². The molecule has 0 fully saturated rings. The number of nitrogens with zero attached hydrogens (tertiary/aromatic N) is 3. The molecule has 0 radical (unpaired) electrons. The molecule has 2 rings (SSSR count). The van der Waals surface area contributed by atoms with Crippen LogP contribution in [0, 0.1) is 12.5 Å². The predicted molar refractivity (Wildman–Crippen MR) is 80.5 cm³/mol. The van der Waals surface area contributed by atoms with Gasteiger partial charge < -0.3 is 10.1 Å². The molecule has 0 saturated heterocycles. The molecule has 1 aromatic carbocycles. The summed E-state index contributed by atoms with van der Waals surface area (Å²) in [5, 5.41) is 6.12. The van der Waals surface area contributed by atoms with E-state index in [0.29, 0.717) is 5.69 Å². The van der Waals surface area contributed by atoms with Gasteiger partial charge in [-0.05, 0) is 24.6 Å². The van der Waals surface area contributed by atoms with E-state index in [2.05, 4.69) is 20.4 Å². The lowest BCUT2D eigenvalue weighted by molar-refractivity contribution is 0.151. The fraction of sp³-hybridized carbons (Fsp3) is 0.200. The van der Waals surface area contributed by atoms with Crippen LogP contribution >= 0.6 is 0 Å². The van der Waals surface area contributed by atoms with Crippen LogP contribution in [0.4, 0.5) is 14.5 Å². The van der Waals surface area contributed by atoms with Gasteiger partial charge >= 0.3 is 6.01 Å². The van der Waals surface area contributed by atoms with Gasteiger partial charge in [-0.2, -0.15) is 5.11 Å². The third kappa shape index (κ3) is 5.10. The molecule has 120 valence electrons. The van der Waals surface area contributed by atoms with E-state index in [1.165, 1.54) is 24.4 Å². The summed E-state index contributed by atoms with van der Waals surface area (Å²) in [4.78, 5) is 7.93. The zero-order valence-corrected chi connectivity index (χ0v) is 12.3. The zero-order chi connectivity index (χ0) is 16.7. The van der Waals surface area contributed by atoms with Crippen LogP contribution in [0.15, 0.2) is 53.7 Å². The van der Waals surface area contributed by atoms with Gasteiger partial charge in [0.2, 0.25) is 0 Å². The zero-order valence-electron chi connectivity index (χ0n) is 12.3. The topological polar surface area (TPSA) is 83.2 Å². The Hall–Kier alpha value is -2.90. The molecule has 0 aliphatic carbocycles. The van der Waals surface area contributed by atoms with Crippen molar-refractivity contribution in [3.8, 4) is 6.01 Å². The third-order valence-electron chi connectivity index (χ3n) is 2.79. The summed E-state index contributed by atoms with van der Waals surface area (Å²) < 4.78 is 30.5. The molecule has 0 unspecified atom stereocenters. The van der Waals surface area contributed by atoms with E-state index in [-0.39, 0.29) is 23.9 Å². The normalized spacial score (nSPS) is 11.4. The van der Waals surface area contributed by atoms with Gasteiger partial charge in [-0.15, -0.1) is 0 Å². The van der Waals surface area contributed by atoms with Crippen molar-refractivity contribution in [3.63, 3.8) is 0 Å². The van der Waals surface area contributed by atoms with Crippen LogP contribution in [0.1, 0.15) is 17.6 Å². The number of benzene rings is 1. The summed E-state index contributed by atoms with van der Waals surface area (Å²) >= 11 is 0. The van der Waals surface area contributed by atoms with E-state index in [1.54, 1.807) is 18.5 Å². The van der Waals surface area contributed by atoms with E-state index < -0.39 is 6.43 Å². The Morgan fingerprint density at radius 2 is 2.13 bits per heavy atom. The van der Waals surface area contributed by atoms with Crippen molar-refractivity contribution in [2.24, 2.45) is 5.11 Å². The molecule has 2 aromatic rings. The van der Waals surface area contributed by atoms with Crippen LogP contribution in [-0.4, -0.2) is 16.6 Å². The van der Waals surface area contributed by atoms with E-state index >= 15 is 0 Å². The largest absolute Gasteiger partial charge is 0.457 e. The average molecular weight is 319 g/mol. The second-order valence-corrected chi connectivity index (χ2v) is 4.65. The Bertz CT molecular complexity index is 689. The molecule has 0 amide bonds. The summed E-state index contributed by atoms with van der Waals surface area (Å²) in [6.07, 6.45) is 2.09. The number of rotatable bonds is 7. The molecule has 2 N–H and O–H groups in total. The molecule has 0 aliphatic rings. The van der Waals surface area contributed by atoms with Crippen molar-refractivity contribution in [1.29, 1.82) is 5.53 Å². The second kappa shape index (κ2) is 7.92. The first-order valence-electron chi connectivity index (χ1n) is 6.71. The lowest BCUT2D eigenvalue weighted by Crippen LogP contribution is -2.04. The predicted octanol–water partition coefficient (Wildman–Crippen LogP) is 4.09. The Balaban J connectivity index is 1.97. The highest BCUT2D eigenvalue weighted by molar-refractivity contribution is 5.48. The maximum Gasteiger partial charge on any atom is 0.316 e. The quantitative estimate of drug-likeness (QED) is 0.753. The van der Waals surface area contributed by atoms with Gasteiger partial charge in [0.15, 0.2) is 0 Å². The van der Waals surface area contributed by atoms with Crippen LogP contribution in [0.5, 0.6) is 6.01 Å². The standard InChI is InChI=1S/C15H15F2N5O/c1-10-6-20-15(21-7-10)23-9-13(22-18)8-19-12-4-2-3-11(5-12)14(16)17/h2-8,14,18-19H,9H2,1H3/b13-8-,22-18?. The number of aryl methyl sites for hydroxylation is 1. The summed E-state index contributed by atoms with van der Waals surface area (Å²) in [6, 6.07) is 5.99. The SMILES string of the molecule is Cc1cnc(OC/C(=C/Nc2cccc(C(F)F)c2)N=N)nc1. The maximum absolute atomic E-state index is 12.6. The first kappa shape index (κ1) is 16.5. The summed E-state index contributed by atoms with van der Waals surface area (Å²) in [5.41, 5.74) is 8.66. The van der Waals surface area contributed by atoms with Crippen molar-refractivity contribution in [2.45, 2.75) is 13.3 Å².